The van der Waals surface area contributed by atoms with Gasteiger partial charge in [0.2, 0.25) is 5.91 Å². The van der Waals surface area contributed by atoms with Crippen LogP contribution in [0.1, 0.15) is 11.1 Å². The molecule has 1 heterocycles. The summed E-state index contributed by atoms with van der Waals surface area (Å²) in [6.07, 6.45) is 1.76. The molecule has 1 aromatic carbocycles. The number of amides is 1. The minimum absolute atomic E-state index is 0.120. The van der Waals surface area contributed by atoms with Crippen LogP contribution in [0.5, 0.6) is 0 Å². The van der Waals surface area contributed by atoms with Gasteiger partial charge in [0.25, 0.3) is 0 Å². The molecule has 1 fully saturated rings. The highest BCUT2D eigenvalue weighted by atomic mass is 16.2. The van der Waals surface area contributed by atoms with Gasteiger partial charge in [0.1, 0.15) is 0 Å². The van der Waals surface area contributed by atoms with Crippen molar-refractivity contribution < 1.29 is 4.79 Å². The Morgan fingerprint density at radius 1 is 1.15 bits per heavy atom. The van der Waals surface area contributed by atoms with Crippen molar-refractivity contribution in [3.63, 3.8) is 0 Å². The Hall–Kier alpha value is -1.86. The topological polar surface area (TPSA) is 47.3 Å². The van der Waals surface area contributed by atoms with Crippen LogP contribution in [0.3, 0.4) is 0 Å². The summed E-state index contributed by atoms with van der Waals surface area (Å²) in [5.41, 5.74) is 2.66. The van der Waals surface area contributed by atoms with Gasteiger partial charge in [-0.05, 0) is 24.0 Å². The van der Waals surface area contributed by atoms with Crippen LogP contribution in [0.25, 0.3) is 0 Å². The van der Waals surface area contributed by atoms with Crippen molar-refractivity contribution in [2.24, 2.45) is 5.92 Å². The highest BCUT2D eigenvalue weighted by Gasteiger charge is 2.31. The lowest BCUT2D eigenvalue weighted by Crippen LogP contribution is -2.50. The smallest absolute Gasteiger partial charge is 0.226 e. The number of rotatable bonds is 2. The van der Waals surface area contributed by atoms with Crippen LogP contribution in [0.4, 0.5) is 0 Å². The Bertz CT molecular complexity index is 516. The van der Waals surface area contributed by atoms with Crippen LogP contribution < -0.4 is 0 Å². The van der Waals surface area contributed by atoms with Crippen molar-refractivity contribution in [1.29, 1.82) is 5.26 Å². The molecule has 2 aliphatic rings. The van der Waals surface area contributed by atoms with Gasteiger partial charge < -0.3 is 4.90 Å². The maximum absolute atomic E-state index is 12.6. The number of fused-ring (bicyclic) bond motifs is 1. The molecule has 4 heteroatoms. The second kappa shape index (κ2) is 5.64. The van der Waals surface area contributed by atoms with Crippen molar-refractivity contribution in [2.75, 3.05) is 32.7 Å². The Morgan fingerprint density at radius 3 is 2.30 bits per heavy atom. The van der Waals surface area contributed by atoms with Crippen molar-refractivity contribution in [1.82, 2.24) is 9.80 Å². The van der Waals surface area contributed by atoms with Gasteiger partial charge in [0.05, 0.1) is 12.6 Å². The van der Waals surface area contributed by atoms with Gasteiger partial charge in [0.15, 0.2) is 0 Å². The first-order valence-electron chi connectivity index (χ1n) is 7.23. The van der Waals surface area contributed by atoms with E-state index in [1.54, 1.807) is 0 Å². The van der Waals surface area contributed by atoms with E-state index in [-0.39, 0.29) is 11.8 Å². The third kappa shape index (κ3) is 2.54. The molecule has 0 saturated carbocycles. The van der Waals surface area contributed by atoms with Crippen LogP contribution >= 0.6 is 0 Å². The first-order chi connectivity index (χ1) is 9.78. The zero-order valence-electron chi connectivity index (χ0n) is 11.6. The lowest BCUT2D eigenvalue weighted by atomic mass is 10.0. The molecule has 20 heavy (non-hydrogen) atoms. The summed E-state index contributed by atoms with van der Waals surface area (Å²) >= 11 is 0. The first-order valence-corrected chi connectivity index (χ1v) is 7.23. The Balaban J connectivity index is 1.58. The molecule has 0 bridgehead atoms. The number of hydrogen-bond donors (Lipinski definition) is 0. The van der Waals surface area contributed by atoms with E-state index in [9.17, 15) is 4.79 Å². The Labute approximate surface area is 119 Å². The van der Waals surface area contributed by atoms with Crippen molar-refractivity contribution >= 4 is 5.91 Å². The highest BCUT2D eigenvalue weighted by molar-refractivity contribution is 5.80. The van der Waals surface area contributed by atoms with Gasteiger partial charge in [0, 0.05) is 32.1 Å². The Morgan fingerprint density at radius 2 is 1.75 bits per heavy atom. The summed E-state index contributed by atoms with van der Waals surface area (Å²) in [5, 5.41) is 8.69. The van der Waals surface area contributed by atoms with E-state index in [4.69, 9.17) is 5.26 Å². The summed E-state index contributed by atoms with van der Waals surface area (Å²) in [6.45, 7) is 3.62. The van der Waals surface area contributed by atoms with Crippen LogP contribution in [-0.4, -0.2) is 48.4 Å². The molecule has 0 radical (unpaired) electrons. The summed E-state index contributed by atoms with van der Waals surface area (Å²) in [6, 6.07) is 10.5. The molecule has 4 nitrogen and oxygen atoms in total. The molecule has 104 valence electrons. The number of hydrogen-bond acceptors (Lipinski definition) is 3. The van der Waals surface area contributed by atoms with E-state index < -0.39 is 0 Å². The van der Waals surface area contributed by atoms with Gasteiger partial charge in [-0.25, -0.2) is 0 Å². The molecule has 1 aromatic rings. The fourth-order valence-electron chi connectivity index (χ4n) is 3.22. The largest absolute Gasteiger partial charge is 0.340 e. The molecule has 1 aliphatic carbocycles. The molecule has 0 atom stereocenters. The molecular weight excluding hydrogens is 250 g/mol. The minimum Gasteiger partial charge on any atom is -0.340 e. The SMILES string of the molecule is N#CCN1CCN(C(=O)C2Cc3ccccc3C2)CC1. The van der Waals surface area contributed by atoms with E-state index in [0.29, 0.717) is 6.54 Å². The first kappa shape index (κ1) is 13.1. The molecule has 1 amide bonds. The lowest BCUT2D eigenvalue weighted by molar-refractivity contribution is -0.136. The molecule has 3 rings (SSSR count). The fourth-order valence-corrected chi connectivity index (χ4v) is 3.22. The minimum atomic E-state index is 0.120. The zero-order valence-corrected chi connectivity index (χ0v) is 11.6. The number of nitriles is 1. The normalized spacial score (nSPS) is 19.6. The van der Waals surface area contributed by atoms with Crippen molar-refractivity contribution in [2.45, 2.75) is 12.8 Å². The van der Waals surface area contributed by atoms with E-state index in [1.165, 1.54) is 11.1 Å². The second-order valence-electron chi connectivity index (χ2n) is 5.63. The number of nitrogens with zero attached hydrogens (tertiary/aromatic N) is 3. The fraction of sp³-hybridized carbons (Fsp3) is 0.500. The number of carbonyl (C=O) groups is 1. The van der Waals surface area contributed by atoms with Crippen LogP contribution in [0.2, 0.25) is 0 Å². The average molecular weight is 269 g/mol. The van der Waals surface area contributed by atoms with Gasteiger partial charge in [-0.3, -0.25) is 9.69 Å². The third-order valence-corrected chi connectivity index (χ3v) is 4.38. The summed E-state index contributed by atoms with van der Waals surface area (Å²) in [4.78, 5) is 16.7. The molecular formula is C16H19N3O. The van der Waals surface area contributed by atoms with Crippen LogP contribution in [0, 0.1) is 17.2 Å². The van der Waals surface area contributed by atoms with E-state index in [0.717, 1.165) is 39.0 Å². The van der Waals surface area contributed by atoms with Gasteiger partial charge in [-0.1, -0.05) is 24.3 Å². The molecule has 0 unspecified atom stereocenters. The molecule has 0 N–H and O–H groups in total. The maximum Gasteiger partial charge on any atom is 0.226 e. The van der Waals surface area contributed by atoms with Crippen LogP contribution in [-0.2, 0) is 17.6 Å². The molecule has 0 aromatic heterocycles. The molecule has 0 spiro atoms. The predicted octanol–water partition coefficient (Wildman–Crippen LogP) is 1.07. The number of carbonyl (C=O) groups excluding carboxylic acids is 1. The lowest BCUT2D eigenvalue weighted by Gasteiger charge is -2.34. The summed E-state index contributed by atoms with van der Waals surface area (Å²) in [5.74, 6) is 0.410. The number of benzene rings is 1. The molecule has 1 saturated heterocycles. The average Bonchev–Trinajstić information content (AvgIpc) is 2.91. The van der Waals surface area contributed by atoms with Crippen molar-refractivity contribution in [3.8, 4) is 6.07 Å². The van der Waals surface area contributed by atoms with Crippen molar-refractivity contribution in [3.05, 3.63) is 35.4 Å². The number of piperazine rings is 1. The van der Waals surface area contributed by atoms with E-state index >= 15 is 0 Å². The van der Waals surface area contributed by atoms with Crippen LogP contribution in [0.15, 0.2) is 24.3 Å². The van der Waals surface area contributed by atoms with Gasteiger partial charge in [-0.2, -0.15) is 5.26 Å². The van der Waals surface area contributed by atoms with Gasteiger partial charge >= 0.3 is 0 Å². The summed E-state index contributed by atoms with van der Waals surface area (Å²) < 4.78 is 0. The highest BCUT2D eigenvalue weighted by Crippen LogP contribution is 2.28. The van der Waals surface area contributed by atoms with E-state index in [2.05, 4.69) is 23.1 Å². The quantitative estimate of drug-likeness (QED) is 0.755. The second-order valence-corrected chi connectivity index (χ2v) is 5.63. The summed E-state index contributed by atoms with van der Waals surface area (Å²) in [7, 11) is 0. The molecule has 1 aliphatic heterocycles. The predicted molar refractivity (Wildman–Crippen MR) is 76.0 cm³/mol. The Kier molecular flexibility index (Phi) is 3.70. The van der Waals surface area contributed by atoms with Gasteiger partial charge in [-0.15, -0.1) is 0 Å². The zero-order chi connectivity index (χ0) is 13.9. The monoisotopic (exact) mass is 269 g/mol. The standard InChI is InChI=1S/C16H19N3O/c17-5-6-18-7-9-19(10-8-18)16(20)15-11-13-3-1-2-4-14(13)12-15/h1-4,15H,6-12H2. The van der Waals surface area contributed by atoms with E-state index in [1.807, 2.05) is 17.0 Å². The maximum atomic E-state index is 12.6. The third-order valence-electron chi connectivity index (χ3n) is 4.38.